The largest absolute Gasteiger partial charge is 0.516 e. The van der Waals surface area contributed by atoms with Crippen LogP contribution in [0.2, 0.25) is 0 Å². The van der Waals surface area contributed by atoms with Crippen LogP contribution < -0.4 is 5.73 Å². The van der Waals surface area contributed by atoms with Crippen LogP contribution in [0, 0.1) is 0 Å². The lowest BCUT2D eigenvalue weighted by atomic mass is 10.1. The van der Waals surface area contributed by atoms with Crippen molar-refractivity contribution < 1.29 is 5.11 Å². The number of nitrogen functional groups attached to an aromatic ring is 1. The van der Waals surface area contributed by atoms with Crippen molar-refractivity contribution in [3.8, 4) is 11.3 Å². The zero-order chi connectivity index (χ0) is 14.7. The zero-order valence-corrected chi connectivity index (χ0v) is 11.3. The first-order chi connectivity index (χ1) is 10.3. The summed E-state index contributed by atoms with van der Waals surface area (Å²) in [6, 6.07) is 0. The Labute approximate surface area is 122 Å². The molecule has 3 N–H and O–H groups in total. The summed E-state index contributed by atoms with van der Waals surface area (Å²) in [4.78, 5) is 8.17. The Morgan fingerprint density at radius 2 is 2.29 bits per heavy atom. The summed E-state index contributed by atoms with van der Waals surface area (Å²) in [5.74, 6) is 0.320. The molecule has 106 valence electrons. The Morgan fingerprint density at radius 1 is 1.38 bits per heavy atom. The van der Waals surface area contributed by atoms with Crippen molar-refractivity contribution in [2.75, 3.05) is 5.73 Å². The average molecular weight is 281 g/mol. The Bertz CT molecular complexity index is 742. The molecule has 0 atom stereocenters. The normalized spacial score (nSPS) is 14.0. The summed E-state index contributed by atoms with van der Waals surface area (Å²) in [6.07, 6.45) is 14.7. The van der Waals surface area contributed by atoms with Crippen LogP contribution in [-0.4, -0.2) is 24.9 Å². The van der Waals surface area contributed by atoms with E-state index in [-0.39, 0.29) is 0 Å². The van der Waals surface area contributed by atoms with E-state index in [2.05, 4.69) is 33.3 Å². The molecule has 2 heterocycles. The summed E-state index contributed by atoms with van der Waals surface area (Å²) >= 11 is 0. The van der Waals surface area contributed by atoms with Crippen LogP contribution in [-0.2, 0) is 6.54 Å². The van der Waals surface area contributed by atoms with Crippen LogP contribution in [0.3, 0.4) is 0 Å². The van der Waals surface area contributed by atoms with E-state index in [1.54, 1.807) is 6.20 Å². The minimum Gasteiger partial charge on any atom is -0.516 e. The number of aromatic nitrogens is 4. The van der Waals surface area contributed by atoms with Crippen molar-refractivity contribution in [1.29, 1.82) is 0 Å². The van der Waals surface area contributed by atoms with Gasteiger partial charge in [-0.2, -0.15) is 5.10 Å². The van der Waals surface area contributed by atoms with Gasteiger partial charge in [-0.05, 0) is 18.1 Å². The van der Waals surface area contributed by atoms with Gasteiger partial charge in [-0.25, -0.2) is 9.97 Å². The molecule has 0 spiro atoms. The number of rotatable bonds is 4. The molecule has 2 aromatic heterocycles. The second-order valence-corrected chi connectivity index (χ2v) is 4.72. The van der Waals surface area contributed by atoms with Crippen LogP contribution >= 0.6 is 0 Å². The third kappa shape index (κ3) is 2.69. The van der Waals surface area contributed by atoms with Crippen molar-refractivity contribution in [3.63, 3.8) is 0 Å². The number of nitrogens with zero attached hydrogens (tertiary/aromatic N) is 4. The Hall–Kier alpha value is -2.89. The fraction of sp³-hybridized carbons (Fsp3) is 0.133. The molecule has 0 aromatic carbocycles. The van der Waals surface area contributed by atoms with Gasteiger partial charge in [0, 0.05) is 17.3 Å². The second kappa shape index (κ2) is 5.62. The van der Waals surface area contributed by atoms with Crippen LogP contribution in [0.1, 0.15) is 12.0 Å². The van der Waals surface area contributed by atoms with E-state index in [0.717, 1.165) is 24.8 Å². The molecule has 0 bridgehead atoms. The highest BCUT2D eigenvalue weighted by molar-refractivity contribution is 5.76. The van der Waals surface area contributed by atoms with E-state index >= 15 is 0 Å². The summed E-state index contributed by atoms with van der Waals surface area (Å²) < 4.78 is 1.86. The van der Waals surface area contributed by atoms with Crippen molar-refractivity contribution in [1.82, 2.24) is 19.7 Å². The van der Waals surface area contributed by atoms with Gasteiger partial charge in [0.05, 0.1) is 24.7 Å². The number of anilines is 1. The first-order valence-corrected chi connectivity index (χ1v) is 6.56. The molecular weight excluding hydrogens is 266 g/mol. The van der Waals surface area contributed by atoms with Crippen molar-refractivity contribution in [2.45, 2.75) is 13.0 Å². The zero-order valence-electron chi connectivity index (χ0n) is 11.3. The number of aliphatic hydroxyl groups is 1. The average Bonchev–Trinajstić information content (AvgIpc) is 3.14. The third-order valence-electron chi connectivity index (χ3n) is 3.28. The molecule has 21 heavy (non-hydrogen) atoms. The smallest absolute Gasteiger partial charge is 0.134 e. The maximum Gasteiger partial charge on any atom is 0.134 e. The predicted molar refractivity (Wildman–Crippen MR) is 81.2 cm³/mol. The Morgan fingerprint density at radius 3 is 3.05 bits per heavy atom. The molecule has 0 saturated carbocycles. The van der Waals surface area contributed by atoms with E-state index in [0.29, 0.717) is 17.1 Å². The minimum atomic E-state index is 0.320. The van der Waals surface area contributed by atoms with Gasteiger partial charge in [0.2, 0.25) is 0 Å². The van der Waals surface area contributed by atoms with Gasteiger partial charge >= 0.3 is 0 Å². The van der Waals surface area contributed by atoms with Crippen LogP contribution in [0.15, 0.2) is 48.8 Å². The highest BCUT2D eigenvalue weighted by atomic mass is 16.2. The van der Waals surface area contributed by atoms with Crippen LogP contribution in [0.5, 0.6) is 0 Å². The maximum atomic E-state index is 8.98. The maximum absolute atomic E-state index is 8.98. The highest BCUT2D eigenvalue weighted by Gasteiger charge is 2.11. The second-order valence-electron chi connectivity index (χ2n) is 4.72. The van der Waals surface area contributed by atoms with E-state index in [4.69, 9.17) is 10.8 Å². The third-order valence-corrected chi connectivity index (χ3v) is 3.28. The number of nitrogens with two attached hydrogens (primary N) is 1. The van der Waals surface area contributed by atoms with Crippen molar-refractivity contribution >= 4 is 11.9 Å². The Kier molecular flexibility index (Phi) is 3.51. The fourth-order valence-corrected chi connectivity index (χ4v) is 2.27. The summed E-state index contributed by atoms with van der Waals surface area (Å²) in [5, 5.41) is 13.3. The SMILES string of the molecule is Nc1ncnc(-c2cnn(CC3=CC=CC3)c2)c1/C=C/O. The molecule has 0 unspecified atom stereocenters. The van der Waals surface area contributed by atoms with E-state index in [1.165, 1.54) is 18.0 Å². The lowest BCUT2D eigenvalue weighted by molar-refractivity contribution is 0.478. The molecular formula is C15H15N5O. The lowest BCUT2D eigenvalue weighted by Gasteiger charge is -2.04. The number of hydrogen-bond donors (Lipinski definition) is 2. The van der Waals surface area contributed by atoms with Gasteiger partial charge in [-0.15, -0.1) is 0 Å². The summed E-state index contributed by atoms with van der Waals surface area (Å²) in [5.41, 5.74) is 9.21. The van der Waals surface area contributed by atoms with Crippen LogP contribution in [0.25, 0.3) is 17.3 Å². The van der Waals surface area contributed by atoms with Crippen molar-refractivity contribution in [2.24, 2.45) is 0 Å². The van der Waals surface area contributed by atoms with Crippen LogP contribution in [0.4, 0.5) is 5.82 Å². The molecule has 6 heteroatoms. The molecule has 0 amide bonds. The fourth-order valence-electron chi connectivity index (χ4n) is 2.27. The van der Waals surface area contributed by atoms with E-state index < -0.39 is 0 Å². The van der Waals surface area contributed by atoms with Crippen molar-refractivity contribution in [3.05, 3.63) is 54.3 Å². The molecule has 1 aliphatic rings. The topological polar surface area (TPSA) is 89.9 Å². The van der Waals surface area contributed by atoms with Gasteiger partial charge in [0.1, 0.15) is 12.1 Å². The number of aliphatic hydroxyl groups excluding tert-OH is 1. The monoisotopic (exact) mass is 281 g/mol. The molecule has 0 aliphatic heterocycles. The molecule has 0 fully saturated rings. The van der Waals surface area contributed by atoms with Gasteiger partial charge in [0.25, 0.3) is 0 Å². The summed E-state index contributed by atoms with van der Waals surface area (Å²) in [6.45, 7) is 0.749. The Balaban J connectivity index is 1.91. The molecule has 0 saturated heterocycles. The molecule has 2 aromatic rings. The minimum absolute atomic E-state index is 0.320. The molecule has 3 rings (SSSR count). The van der Waals surface area contributed by atoms with E-state index in [9.17, 15) is 0 Å². The first-order valence-electron chi connectivity index (χ1n) is 6.56. The standard InChI is InChI=1S/C15H15N5O/c16-15-13(5-6-21)14(17-10-18-15)12-7-19-20(9-12)8-11-3-1-2-4-11/h1-3,5-7,9-10,21H,4,8H2,(H2,16,17,18)/b6-5+. The quantitative estimate of drug-likeness (QED) is 0.839. The van der Waals surface area contributed by atoms with Gasteiger partial charge in [-0.3, -0.25) is 4.68 Å². The lowest BCUT2D eigenvalue weighted by Crippen LogP contribution is -2.00. The molecule has 1 aliphatic carbocycles. The van der Waals surface area contributed by atoms with Gasteiger partial charge < -0.3 is 10.8 Å². The van der Waals surface area contributed by atoms with E-state index in [1.807, 2.05) is 10.9 Å². The number of hydrogen-bond acceptors (Lipinski definition) is 5. The first kappa shape index (κ1) is 13.1. The molecule has 6 nitrogen and oxygen atoms in total. The predicted octanol–water partition coefficient (Wildman–Crippen LogP) is 2.34. The van der Waals surface area contributed by atoms with Gasteiger partial charge in [-0.1, -0.05) is 18.2 Å². The van der Waals surface area contributed by atoms with Gasteiger partial charge in [0.15, 0.2) is 0 Å². The summed E-state index contributed by atoms with van der Waals surface area (Å²) in [7, 11) is 0. The number of allylic oxidation sites excluding steroid dienone is 4. The molecule has 0 radical (unpaired) electrons. The highest BCUT2D eigenvalue weighted by Crippen LogP contribution is 2.25.